The van der Waals surface area contributed by atoms with E-state index in [9.17, 15) is 0 Å². The summed E-state index contributed by atoms with van der Waals surface area (Å²) in [4.78, 5) is 0. The van der Waals surface area contributed by atoms with E-state index in [0.29, 0.717) is 5.92 Å². The van der Waals surface area contributed by atoms with Crippen molar-refractivity contribution in [3.63, 3.8) is 0 Å². The fraction of sp³-hybridized carbons (Fsp3) is 0.750. The van der Waals surface area contributed by atoms with Gasteiger partial charge in [-0.05, 0) is 30.9 Å². The van der Waals surface area contributed by atoms with Gasteiger partial charge in [0.1, 0.15) is 0 Å². The van der Waals surface area contributed by atoms with Gasteiger partial charge in [0, 0.05) is 16.9 Å². The van der Waals surface area contributed by atoms with Gasteiger partial charge in [0.15, 0.2) is 0 Å². The molecule has 0 aliphatic heterocycles. The molecule has 0 spiro atoms. The Balaban J connectivity index is 2.23. The average Bonchev–Trinajstić information content (AvgIpc) is 2.63. The molecule has 2 nitrogen and oxygen atoms in total. The molecule has 26 heavy (non-hydrogen) atoms. The van der Waals surface area contributed by atoms with Gasteiger partial charge >= 0.3 is 0 Å². The molecule has 0 amide bonds. The van der Waals surface area contributed by atoms with Gasteiger partial charge in [-0.25, -0.2) is 0 Å². The maximum Gasteiger partial charge on any atom is 0.0370 e. The van der Waals surface area contributed by atoms with Gasteiger partial charge in [0.2, 0.25) is 0 Å². The first-order valence-corrected chi connectivity index (χ1v) is 11.3. The molecule has 0 bridgehead atoms. The van der Waals surface area contributed by atoms with Crippen molar-refractivity contribution in [1.29, 1.82) is 0 Å². The first kappa shape index (κ1) is 22.9. The molecule has 0 aliphatic carbocycles. The van der Waals surface area contributed by atoms with E-state index in [1.807, 2.05) is 18.2 Å². The molecule has 2 heteroatoms. The Morgan fingerprint density at radius 3 is 1.54 bits per heavy atom. The van der Waals surface area contributed by atoms with Crippen LogP contribution in [0, 0.1) is 0 Å². The SMILES string of the molecule is CCCCCCCCCCCCCC(CCCC)c1c(N)cccc1N. The van der Waals surface area contributed by atoms with Crippen LogP contribution in [0.15, 0.2) is 18.2 Å². The Labute approximate surface area is 163 Å². The highest BCUT2D eigenvalue weighted by molar-refractivity contribution is 5.62. The summed E-state index contributed by atoms with van der Waals surface area (Å²) in [5.41, 5.74) is 15.5. The predicted octanol–water partition coefficient (Wildman–Crippen LogP) is 7.83. The highest BCUT2D eigenvalue weighted by Gasteiger charge is 2.16. The number of hydrogen-bond acceptors (Lipinski definition) is 2. The molecular weight excluding hydrogens is 316 g/mol. The average molecular weight is 361 g/mol. The number of rotatable bonds is 16. The number of unbranched alkanes of at least 4 members (excludes halogenated alkanes) is 11. The third-order valence-electron chi connectivity index (χ3n) is 5.64. The number of hydrogen-bond donors (Lipinski definition) is 2. The number of benzene rings is 1. The van der Waals surface area contributed by atoms with Crippen LogP contribution >= 0.6 is 0 Å². The zero-order valence-corrected chi connectivity index (χ0v) is 17.6. The third-order valence-corrected chi connectivity index (χ3v) is 5.64. The van der Waals surface area contributed by atoms with Crippen molar-refractivity contribution in [2.45, 2.75) is 116 Å². The molecule has 4 N–H and O–H groups in total. The number of nitrogen functional groups attached to an aromatic ring is 2. The lowest BCUT2D eigenvalue weighted by atomic mass is 9.86. The van der Waals surface area contributed by atoms with Gasteiger partial charge in [0.05, 0.1) is 0 Å². The molecular formula is C24H44N2. The van der Waals surface area contributed by atoms with Gasteiger partial charge in [-0.1, -0.05) is 103 Å². The lowest BCUT2D eigenvalue weighted by molar-refractivity contribution is 0.497. The smallest absolute Gasteiger partial charge is 0.0370 e. The van der Waals surface area contributed by atoms with Crippen molar-refractivity contribution in [1.82, 2.24) is 0 Å². The summed E-state index contributed by atoms with van der Waals surface area (Å²) in [5.74, 6) is 0.537. The largest absolute Gasteiger partial charge is 0.398 e. The highest BCUT2D eigenvalue weighted by atomic mass is 14.6. The van der Waals surface area contributed by atoms with E-state index in [0.717, 1.165) is 11.4 Å². The van der Waals surface area contributed by atoms with Crippen molar-refractivity contribution in [3.05, 3.63) is 23.8 Å². The number of anilines is 2. The molecule has 0 radical (unpaired) electrons. The normalized spacial score (nSPS) is 12.4. The van der Waals surface area contributed by atoms with Gasteiger partial charge < -0.3 is 11.5 Å². The van der Waals surface area contributed by atoms with Gasteiger partial charge in [-0.15, -0.1) is 0 Å². The summed E-state index contributed by atoms with van der Waals surface area (Å²) in [6.07, 6.45) is 20.3. The van der Waals surface area contributed by atoms with E-state index in [1.165, 1.54) is 102 Å². The van der Waals surface area contributed by atoms with E-state index in [1.54, 1.807) is 0 Å². The first-order valence-electron chi connectivity index (χ1n) is 11.3. The zero-order valence-electron chi connectivity index (χ0n) is 17.6. The molecule has 1 aromatic rings. The molecule has 0 saturated heterocycles. The van der Waals surface area contributed by atoms with Crippen LogP contribution in [0.25, 0.3) is 0 Å². The van der Waals surface area contributed by atoms with Gasteiger partial charge in [-0.3, -0.25) is 0 Å². The maximum atomic E-state index is 6.24. The van der Waals surface area contributed by atoms with E-state index >= 15 is 0 Å². The predicted molar refractivity (Wildman–Crippen MR) is 119 cm³/mol. The van der Waals surface area contributed by atoms with Crippen LogP contribution in [0.1, 0.15) is 122 Å². The first-order chi connectivity index (χ1) is 12.7. The quantitative estimate of drug-likeness (QED) is 0.233. The Morgan fingerprint density at radius 1 is 0.615 bits per heavy atom. The second-order valence-corrected chi connectivity index (χ2v) is 8.01. The van der Waals surface area contributed by atoms with Crippen molar-refractivity contribution >= 4 is 11.4 Å². The molecule has 1 unspecified atom stereocenters. The Kier molecular flexibility index (Phi) is 13.1. The highest BCUT2D eigenvalue weighted by Crippen LogP contribution is 2.35. The molecule has 1 rings (SSSR count). The summed E-state index contributed by atoms with van der Waals surface area (Å²) < 4.78 is 0. The Bertz CT molecular complexity index is 435. The van der Waals surface area contributed by atoms with E-state index in [-0.39, 0.29) is 0 Å². The zero-order chi connectivity index (χ0) is 19.0. The minimum absolute atomic E-state index is 0.537. The molecule has 0 fully saturated rings. The second-order valence-electron chi connectivity index (χ2n) is 8.01. The van der Waals surface area contributed by atoms with Crippen LogP contribution < -0.4 is 11.5 Å². The van der Waals surface area contributed by atoms with Crippen molar-refractivity contribution in [2.75, 3.05) is 11.5 Å². The van der Waals surface area contributed by atoms with Gasteiger partial charge in [-0.2, -0.15) is 0 Å². The summed E-state index contributed by atoms with van der Waals surface area (Å²) in [6.45, 7) is 4.55. The molecule has 1 atom stereocenters. The van der Waals surface area contributed by atoms with E-state index in [4.69, 9.17) is 11.5 Å². The third kappa shape index (κ3) is 9.50. The monoisotopic (exact) mass is 360 g/mol. The van der Waals surface area contributed by atoms with E-state index in [2.05, 4.69) is 13.8 Å². The van der Waals surface area contributed by atoms with Crippen LogP contribution in [0.2, 0.25) is 0 Å². The minimum Gasteiger partial charge on any atom is -0.398 e. The molecule has 0 aromatic heterocycles. The standard InChI is InChI=1S/C24H44N2/c1-3-5-7-8-9-10-11-12-13-14-15-18-21(17-6-4-2)24-22(25)19-16-20-23(24)26/h16,19-21H,3-15,17-18,25-26H2,1-2H3. The second kappa shape index (κ2) is 14.9. The minimum atomic E-state index is 0.537. The summed E-state index contributed by atoms with van der Waals surface area (Å²) in [7, 11) is 0. The van der Waals surface area contributed by atoms with Crippen molar-refractivity contribution < 1.29 is 0 Å². The fourth-order valence-corrected chi connectivity index (χ4v) is 4.01. The number of nitrogens with two attached hydrogens (primary N) is 2. The van der Waals surface area contributed by atoms with E-state index < -0.39 is 0 Å². The molecule has 0 heterocycles. The fourth-order valence-electron chi connectivity index (χ4n) is 4.01. The van der Waals surface area contributed by atoms with Crippen LogP contribution in [0.3, 0.4) is 0 Å². The van der Waals surface area contributed by atoms with Gasteiger partial charge in [0.25, 0.3) is 0 Å². The van der Waals surface area contributed by atoms with Crippen LogP contribution in [0.5, 0.6) is 0 Å². The molecule has 150 valence electrons. The maximum absolute atomic E-state index is 6.24. The van der Waals surface area contributed by atoms with Crippen LogP contribution in [-0.4, -0.2) is 0 Å². The van der Waals surface area contributed by atoms with Crippen LogP contribution in [-0.2, 0) is 0 Å². The Morgan fingerprint density at radius 2 is 1.04 bits per heavy atom. The molecule has 1 aromatic carbocycles. The molecule has 0 aliphatic rings. The topological polar surface area (TPSA) is 52.0 Å². The Hall–Kier alpha value is -1.18. The lowest BCUT2D eigenvalue weighted by Crippen LogP contribution is -2.07. The summed E-state index contributed by atoms with van der Waals surface area (Å²) in [5, 5.41) is 0. The van der Waals surface area contributed by atoms with Crippen molar-refractivity contribution in [2.24, 2.45) is 0 Å². The van der Waals surface area contributed by atoms with Crippen molar-refractivity contribution in [3.8, 4) is 0 Å². The summed E-state index contributed by atoms with van der Waals surface area (Å²) >= 11 is 0. The van der Waals surface area contributed by atoms with Crippen LogP contribution in [0.4, 0.5) is 11.4 Å². The summed E-state index contributed by atoms with van der Waals surface area (Å²) in [6, 6.07) is 5.98. The molecule has 0 saturated carbocycles. The lowest BCUT2D eigenvalue weighted by Gasteiger charge is -2.21.